The summed E-state index contributed by atoms with van der Waals surface area (Å²) >= 11 is 0. The van der Waals surface area contributed by atoms with E-state index in [1.165, 1.54) is 4.90 Å². The molecule has 5 nitrogen and oxygen atoms in total. The Kier molecular flexibility index (Phi) is 3.45. The van der Waals surface area contributed by atoms with Crippen LogP contribution in [-0.2, 0) is 14.3 Å². The van der Waals surface area contributed by atoms with Crippen LogP contribution in [0.2, 0.25) is 0 Å². The van der Waals surface area contributed by atoms with E-state index in [1.807, 2.05) is 0 Å². The number of amides is 1. The second-order valence-electron chi connectivity index (χ2n) is 6.19. The van der Waals surface area contributed by atoms with Gasteiger partial charge >= 0.3 is 12.1 Å². The highest BCUT2D eigenvalue weighted by Gasteiger charge is 2.54. The Balaban J connectivity index is 2.00. The van der Waals surface area contributed by atoms with Crippen molar-refractivity contribution in [2.24, 2.45) is 5.41 Å². The average Bonchev–Trinajstić information content (AvgIpc) is 2.63. The van der Waals surface area contributed by atoms with Crippen LogP contribution in [0.15, 0.2) is 0 Å². The van der Waals surface area contributed by atoms with Crippen molar-refractivity contribution in [2.75, 3.05) is 19.7 Å². The van der Waals surface area contributed by atoms with E-state index in [4.69, 9.17) is 9.47 Å². The van der Waals surface area contributed by atoms with E-state index >= 15 is 0 Å². The number of cyclic esters (lactones) is 1. The molecule has 0 aromatic rings. The van der Waals surface area contributed by atoms with Gasteiger partial charge in [0.15, 0.2) is 0 Å². The Morgan fingerprint density at radius 1 is 1.47 bits per heavy atom. The number of ether oxygens (including phenoxy) is 2. The third-order valence-corrected chi connectivity index (χ3v) is 3.65. The van der Waals surface area contributed by atoms with Crippen LogP contribution in [0, 0.1) is 5.41 Å². The van der Waals surface area contributed by atoms with Crippen molar-refractivity contribution >= 4 is 12.1 Å². The number of halogens is 1. The highest BCUT2D eigenvalue weighted by Crippen LogP contribution is 2.42. The Labute approximate surface area is 112 Å². The quantitative estimate of drug-likeness (QED) is 0.632. The summed E-state index contributed by atoms with van der Waals surface area (Å²) in [6, 6.07) is 0. The van der Waals surface area contributed by atoms with Crippen molar-refractivity contribution in [3.05, 3.63) is 0 Å². The van der Waals surface area contributed by atoms with Crippen LogP contribution < -0.4 is 0 Å². The lowest BCUT2D eigenvalue weighted by atomic mass is 9.76. The summed E-state index contributed by atoms with van der Waals surface area (Å²) in [5.74, 6) is -0.469. The van der Waals surface area contributed by atoms with Crippen molar-refractivity contribution in [3.8, 4) is 0 Å². The second-order valence-corrected chi connectivity index (χ2v) is 6.19. The number of likely N-dealkylation sites (tertiary alicyclic amines) is 1. The fraction of sp³-hybridized carbons (Fsp3) is 0.846. The Morgan fingerprint density at radius 3 is 2.63 bits per heavy atom. The summed E-state index contributed by atoms with van der Waals surface area (Å²) < 4.78 is 24.4. The molecule has 2 atom stereocenters. The number of nitrogens with zero attached hydrogens (tertiary/aromatic N) is 1. The summed E-state index contributed by atoms with van der Waals surface area (Å²) in [5, 5.41) is 0. The molecule has 0 aromatic heterocycles. The summed E-state index contributed by atoms with van der Waals surface area (Å²) in [6.45, 7) is 5.77. The molecular formula is C13H20FNO4. The standard InChI is InChI=1S/C13H20FNO4/c1-12(2,3)19-11(17)15-6-4-13(9(14)8-15)5-7-18-10(13)16/h9H,4-8H2,1-3H3/t9-,13+/m1/s1. The first-order chi connectivity index (χ1) is 8.74. The lowest BCUT2D eigenvalue weighted by molar-refractivity contribution is -0.152. The Bertz CT molecular complexity index is 393. The van der Waals surface area contributed by atoms with Crippen molar-refractivity contribution in [2.45, 2.75) is 45.4 Å². The molecule has 2 aliphatic heterocycles. The molecule has 1 amide bonds. The van der Waals surface area contributed by atoms with Gasteiger partial charge in [0.2, 0.25) is 0 Å². The minimum atomic E-state index is -1.39. The number of rotatable bonds is 0. The van der Waals surface area contributed by atoms with Gasteiger partial charge in [0, 0.05) is 13.0 Å². The zero-order valence-corrected chi connectivity index (χ0v) is 11.6. The topological polar surface area (TPSA) is 55.8 Å². The number of carbonyl (C=O) groups is 2. The van der Waals surface area contributed by atoms with Gasteiger partial charge in [-0.1, -0.05) is 0 Å². The van der Waals surface area contributed by atoms with Crippen LogP contribution in [0.25, 0.3) is 0 Å². The van der Waals surface area contributed by atoms with E-state index in [9.17, 15) is 14.0 Å². The first kappa shape index (κ1) is 14.1. The number of piperidine rings is 1. The molecule has 0 radical (unpaired) electrons. The van der Waals surface area contributed by atoms with Gasteiger partial charge in [-0.15, -0.1) is 0 Å². The van der Waals surface area contributed by atoms with Crippen LogP contribution in [-0.4, -0.2) is 48.4 Å². The monoisotopic (exact) mass is 273 g/mol. The largest absolute Gasteiger partial charge is 0.465 e. The van der Waals surface area contributed by atoms with E-state index in [0.717, 1.165) is 0 Å². The summed E-state index contributed by atoms with van der Waals surface area (Å²) in [5.41, 5.74) is -1.65. The van der Waals surface area contributed by atoms with Crippen molar-refractivity contribution < 1.29 is 23.5 Å². The van der Waals surface area contributed by atoms with Gasteiger partial charge in [-0.2, -0.15) is 0 Å². The molecule has 6 heteroatoms. The molecule has 2 heterocycles. The number of alkyl halides is 1. The fourth-order valence-electron chi connectivity index (χ4n) is 2.53. The zero-order chi connectivity index (χ0) is 14.3. The predicted octanol–water partition coefficient (Wildman–Crippen LogP) is 1.90. The van der Waals surface area contributed by atoms with Crippen LogP contribution in [0.5, 0.6) is 0 Å². The molecule has 2 saturated heterocycles. The van der Waals surface area contributed by atoms with E-state index in [2.05, 4.69) is 0 Å². The highest BCUT2D eigenvalue weighted by molar-refractivity contribution is 5.80. The number of hydrogen-bond acceptors (Lipinski definition) is 4. The van der Waals surface area contributed by atoms with Gasteiger partial charge in [-0.05, 0) is 27.2 Å². The van der Waals surface area contributed by atoms with Crippen LogP contribution in [0.3, 0.4) is 0 Å². The SMILES string of the molecule is CC(C)(C)OC(=O)N1CC[C@]2(CCOC2=O)[C@H](F)C1. The van der Waals surface area contributed by atoms with Gasteiger partial charge in [0.1, 0.15) is 17.2 Å². The Morgan fingerprint density at radius 2 is 2.16 bits per heavy atom. The van der Waals surface area contributed by atoms with Crippen molar-refractivity contribution in [1.82, 2.24) is 4.90 Å². The molecule has 108 valence electrons. The van der Waals surface area contributed by atoms with Crippen LogP contribution in [0.1, 0.15) is 33.6 Å². The van der Waals surface area contributed by atoms with Gasteiger partial charge < -0.3 is 14.4 Å². The first-order valence-corrected chi connectivity index (χ1v) is 6.54. The van der Waals surface area contributed by atoms with Gasteiger partial charge in [0.25, 0.3) is 0 Å². The number of hydrogen-bond donors (Lipinski definition) is 0. The molecule has 2 rings (SSSR count). The van der Waals surface area contributed by atoms with Crippen LogP contribution in [0.4, 0.5) is 9.18 Å². The molecule has 0 N–H and O–H groups in total. The van der Waals surface area contributed by atoms with Gasteiger partial charge in [-0.25, -0.2) is 9.18 Å². The normalized spacial score (nSPS) is 31.5. The van der Waals surface area contributed by atoms with Crippen LogP contribution >= 0.6 is 0 Å². The minimum absolute atomic E-state index is 0.107. The average molecular weight is 273 g/mol. The predicted molar refractivity (Wildman–Crippen MR) is 65.3 cm³/mol. The maximum absolute atomic E-state index is 14.3. The summed E-state index contributed by atoms with van der Waals surface area (Å²) in [4.78, 5) is 24.9. The van der Waals surface area contributed by atoms with Crippen molar-refractivity contribution in [3.63, 3.8) is 0 Å². The molecule has 0 aromatic carbocycles. The number of esters is 1. The highest BCUT2D eigenvalue weighted by atomic mass is 19.1. The second kappa shape index (κ2) is 4.65. The summed E-state index contributed by atoms with van der Waals surface area (Å²) in [6.07, 6.45) is -1.22. The molecule has 0 aliphatic carbocycles. The molecule has 0 bridgehead atoms. The lowest BCUT2D eigenvalue weighted by Crippen LogP contribution is -2.53. The maximum atomic E-state index is 14.3. The third-order valence-electron chi connectivity index (χ3n) is 3.65. The van der Waals surface area contributed by atoms with Crippen molar-refractivity contribution in [1.29, 1.82) is 0 Å². The van der Waals surface area contributed by atoms with E-state index in [0.29, 0.717) is 19.4 Å². The third kappa shape index (κ3) is 2.67. The molecule has 2 fully saturated rings. The van der Waals surface area contributed by atoms with Gasteiger partial charge in [0.05, 0.1) is 13.2 Å². The van der Waals surface area contributed by atoms with Gasteiger partial charge in [-0.3, -0.25) is 4.79 Å². The minimum Gasteiger partial charge on any atom is -0.465 e. The van der Waals surface area contributed by atoms with E-state index < -0.39 is 29.3 Å². The zero-order valence-electron chi connectivity index (χ0n) is 11.6. The fourth-order valence-corrected chi connectivity index (χ4v) is 2.53. The molecular weight excluding hydrogens is 253 g/mol. The molecule has 1 spiro atoms. The molecule has 19 heavy (non-hydrogen) atoms. The molecule has 2 aliphatic rings. The van der Waals surface area contributed by atoms with E-state index in [1.54, 1.807) is 20.8 Å². The molecule has 0 unspecified atom stereocenters. The van der Waals surface area contributed by atoms with E-state index in [-0.39, 0.29) is 13.2 Å². The lowest BCUT2D eigenvalue weighted by Gasteiger charge is -2.39. The molecule has 0 saturated carbocycles. The smallest absolute Gasteiger partial charge is 0.410 e. The first-order valence-electron chi connectivity index (χ1n) is 6.54. The maximum Gasteiger partial charge on any atom is 0.410 e. The summed E-state index contributed by atoms with van der Waals surface area (Å²) in [7, 11) is 0. The number of carbonyl (C=O) groups excluding carboxylic acids is 2. The Hall–Kier alpha value is -1.33.